The van der Waals surface area contributed by atoms with Gasteiger partial charge in [0.05, 0.1) is 13.7 Å². The molecule has 1 aliphatic heterocycles. The largest absolute Gasteiger partial charge is 0.497 e. The summed E-state index contributed by atoms with van der Waals surface area (Å²) in [4.78, 5) is 11.6. The molecule has 1 aromatic rings. The van der Waals surface area contributed by atoms with Gasteiger partial charge in [0.1, 0.15) is 12.3 Å². The van der Waals surface area contributed by atoms with Crippen LogP contribution in [0.1, 0.15) is 19.4 Å². The Morgan fingerprint density at radius 1 is 1.25 bits per heavy atom. The van der Waals surface area contributed by atoms with Gasteiger partial charge >= 0.3 is 5.70 Å². The standard InChI is InChI=1S/C16H20NO3/c1-4-17-11-15(17)16(12(2)18)20-10-9-13-5-7-14(19-3)8-6-13/h5-8,11H,4,9-10H2,1-3H3/q+1/b16-15-. The lowest BCUT2D eigenvalue weighted by Crippen LogP contribution is -2.08. The molecule has 0 saturated heterocycles. The van der Waals surface area contributed by atoms with Gasteiger partial charge in [0, 0.05) is 13.3 Å². The summed E-state index contributed by atoms with van der Waals surface area (Å²) in [7, 11) is 1.65. The first-order valence-electron chi connectivity index (χ1n) is 6.78. The molecule has 20 heavy (non-hydrogen) atoms. The molecule has 0 N–H and O–H groups in total. The van der Waals surface area contributed by atoms with Gasteiger partial charge in [0.25, 0.3) is 0 Å². The molecule has 0 radical (unpaired) electrons. The number of carbonyl (C=O) groups is 1. The number of hydrogen-bond acceptors (Lipinski definition) is 3. The zero-order valence-corrected chi connectivity index (χ0v) is 12.2. The Morgan fingerprint density at radius 3 is 2.45 bits per heavy atom. The Bertz CT molecular complexity index is 556. The SMILES string of the molecule is CC[N+]1=CC/1=C(/OCCc1ccc(OC)cc1)C(C)=O. The van der Waals surface area contributed by atoms with E-state index in [1.54, 1.807) is 7.11 Å². The van der Waals surface area contributed by atoms with Crippen LogP contribution in [0.4, 0.5) is 0 Å². The van der Waals surface area contributed by atoms with Crippen LogP contribution < -0.4 is 4.74 Å². The van der Waals surface area contributed by atoms with Gasteiger partial charge in [-0.2, -0.15) is 4.58 Å². The van der Waals surface area contributed by atoms with Crippen molar-refractivity contribution in [1.82, 2.24) is 0 Å². The third-order valence-corrected chi connectivity index (χ3v) is 3.21. The second-order valence-corrected chi connectivity index (χ2v) is 4.63. The topological polar surface area (TPSA) is 38.5 Å². The summed E-state index contributed by atoms with van der Waals surface area (Å²) in [6, 6.07) is 7.86. The first kappa shape index (κ1) is 14.3. The molecule has 0 amide bonds. The van der Waals surface area contributed by atoms with Crippen molar-refractivity contribution in [3.63, 3.8) is 0 Å². The lowest BCUT2D eigenvalue weighted by molar-refractivity contribution is -0.401. The van der Waals surface area contributed by atoms with E-state index in [-0.39, 0.29) is 5.78 Å². The summed E-state index contributed by atoms with van der Waals surface area (Å²) in [6.45, 7) is 4.94. The highest BCUT2D eigenvalue weighted by Gasteiger charge is 2.34. The molecule has 1 heterocycles. The summed E-state index contributed by atoms with van der Waals surface area (Å²) in [5.41, 5.74) is 2.07. The molecule has 4 heteroatoms. The van der Waals surface area contributed by atoms with Crippen LogP contribution in [0.25, 0.3) is 0 Å². The summed E-state index contributed by atoms with van der Waals surface area (Å²) >= 11 is 0. The van der Waals surface area contributed by atoms with E-state index >= 15 is 0 Å². The molecule has 0 aromatic heterocycles. The minimum atomic E-state index is -0.0260. The molecule has 0 atom stereocenters. The molecule has 0 spiro atoms. The number of hydrogen-bond donors (Lipinski definition) is 0. The van der Waals surface area contributed by atoms with Crippen molar-refractivity contribution in [2.75, 3.05) is 20.3 Å². The Balaban J connectivity index is 1.88. The van der Waals surface area contributed by atoms with E-state index in [1.807, 2.05) is 42.0 Å². The number of Topliss-reactive ketones (excluding diaryl/α,β-unsaturated/α-hetero) is 1. The number of carbonyl (C=O) groups excluding carboxylic acids is 1. The fraction of sp³-hybridized carbons (Fsp3) is 0.375. The van der Waals surface area contributed by atoms with Crippen molar-refractivity contribution >= 4 is 12.0 Å². The van der Waals surface area contributed by atoms with Crippen molar-refractivity contribution < 1.29 is 18.8 Å². The van der Waals surface area contributed by atoms with Crippen molar-refractivity contribution in [3.8, 4) is 5.75 Å². The van der Waals surface area contributed by atoms with Gasteiger partial charge in [0.15, 0.2) is 0 Å². The molecule has 4 nitrogen and oxygen atoms in total. The second kappa shape index (κ2) is 6.37. The molecule has 0 fully saturated rings. The van der Waals surface area contributed by atoms with E-state index in [4.69, 9.17) is 9.47 Å². The monoisotopic (exact) mass is 274 g/mol. The number of methoxy groups -OCH3 is 1. The summed E-state index contributed by atoms with van der Waals surface area (Å²) in [5.74, 6) is 1.29. The summed E-state index contributed by atoms with van der Waals surface area (Å²) in [6.07, 6.45) is 2.70. The van der Waals surface area contributed by atoms with E-state index in [2.05, 4.69) is 0 Å². The Kier molecular flexibility index (Phi) is 4.56. The number of ether oxygens (including phenoxy) is 2. The molecule has 0 unspecified atom stereocenters. The lowest BCUT2D eigenvalue weighted by atomic mass is 10.1. The van der Waals surface area contributed by atoms with Crippen LogP contribution >= 0.6 is 0 Å². The third kappa shape index (κ3) is 3.47. The molecule has 1 aliphatic rings. The average molecular weight is 274 g/mol. The van der Waals surface area contributed by atoms with E-state index in [0.717, 1.165) is 30.0 Å². The molecule has 0 aliphatic carbocycles. The Labute approximate surface area is 119 Å². The van der Waals surface area contributed by atoms with Crippen LogP contribution in [0, 0.1) is 0 Å². The number of rotatable bonds is 7. The first-order chi connectivity index (χ1) is 9.65. The van der Waals surface area contributed by atoms with E-state index in [0.29, 0.717) is 12.4 Å². The molecule has 106 valence electrons. The van der Waals surface area contributed by atoms with Crippen LogP contribution in [-0.2, 0) is 16.0 Å². The molecular weight excluding hydrogens is 254 g/mol. The smallest absolute Gasteiger partial charge is 0.315 e. The van der Waals surface area contributed by atoms with Crippen molar-refractivity contribution in [2.24, 2.45) is 0 Å². The maximum atomic E-state index is 11.6. The van der Waals surface area contributed by atoms with E-state index < -0.39 is 0 Å². The highest BCUT2D eigenvalue weighted by molar-refractivity contribution is 5.99. The van der Waals surface area contributed by atoms with Crippen LogP contribution in [-0.4, -0.2) is 36.8 Å². The lowest BCUT2D eigenvalue weighted by Gasteiger charge is -2.06. The molecule has 1 aromatic carbocycles. The average Bonchev–Trinajstić information content (AvgIpc) is 3.23. The van der Waals surface area contributed by atoms with Gasteiger partial charge in [-0.1, -0.05) is 12.1 Å². The van der Waals surface area contributed by atoms with Gasteiger partial charge in [0.2, 0.25) is 17.8 Å². The minimum Gasteiger partial charge on any atom is -0.497 e. The van der Waals surface area contributed by atoms with Crippen molar-refractivity contribution in [1.29, 1.82) is 0 Å². The highest BCUT2D eigenvalue weighted by Crippen LogP contribution is 2.17. The predicted octanol–water partition coefficient (Wildman–Crippen LogP) is 2.17. The number of allylic oxidation sites excluding steroid dienone is 2. The van der Waals surface area contributed by atoms with Gasteiger partial charge < -0.3 is 9.47 Å². The molecule has 0 saturated carbocycles. The molecule has 2 rings (SSSR count). The zero-order chi connectivity index (χ0) is 14.5. The van der Waals surface area contributed by atoms with Crippen molar-refractivity contribution in [2.45, 2.75) is 20.3 Å². The van der Waals surface area contributed by atoms with Gasteiger partial charge in [-0.15, -0.1) is 0 Å². The van der Waals surface area contributed by atoms with Crippen LogP contribution in [0.3, 0.4) is 0 Å². The predicted molar refractivity (Wildman–Crippen MR) is 77.2 cm³/mol. The van der Waals surface area contributed by atoms with Crippen molar-refractivity contribution in [3.05, 3.63) is 41.3 Å². The van der Waals surface area contributed by atoms with Gasteiger partial charge in [-0.25, -0.2) is 0 Å². The minimum absolute atomic E-state index is 0.0260. The highest BCUT2D eigenvalue weighted by atomic mass is 16.5. The van der Waals surface area contributed by atoms with E-state index in [1.165, 1.54) is 6.92 Å². The maximum absolute atomic E-state index is 11.6. The number of benzene rings is 1. The Hall–Kier alpha value is -2.10. The second-order valence-electron chi connectivity index (χ2n) is 4.63. The van der Waals surface area contributed by atoms with E-state index in [9.17, 15) is 4.79 Å². The fourth-order valence-corrected chi connectivity index (χ4v) is 1.99. The molecular formula is C16H20NO3+. The maximum Gasteiger partial charge on any atom is 0.315 e. The summed E-state index contributed by atoms with van der Waals surface area (Å²) < 4.78 is 12.8. The fourth-order valence-electron chi connectivity index (χ4n) is 1.99. The normalized spacial score (nSPS) is 15.4. The summed E-state index contributed by atoms with van der Waals surface area (Å²) in [5, 5.41) is 0. The Morgan fingerprint density at radius 2 is 1.95 bits per heavy atom. The van der Waals surface area contributed by atoms with Crippen LogP contribution in [0.2, 0.25) is 0 Å². The van der Waals surface area contributed by atoms with Gasteiger partial charge in [-0.3, -0.25) is 4.79 Å². The first-order valence-corrected chi connectivity index (χ1v) is 6.78. The van der Waals surface area contributed by atoms with Crippen LogP contribution in [0.5, 0.6) is 5.75 Å². The zero-order valence-electron chi connectivity index (χ0n) is 12.2. The number of nitrogens with zero attached hydrogens (tertiary/aromatic N) is 1. The third-order valence-electron chi connectivity index (χ3n) is 3.21. The van der Waals surface area contributed by atoms with Gasteiger partial charge in [-0.05, 0) is 24.6 Å². The quantitative estimate of drug-likeness (QED) is 0.434. The van der Waals surface area contributed by atoms with Crippen LogP contribution in [0.15, 0.2) is 35.7 Å². The molecule has 0 bridgehead atoms. The number of ketones is 1.